The Morgan fingerprint density at radius 1 is 1.44 bits per heavy atom. The summed E-state index contributed by atoms with van der Waals surface area (Å²) in [6.45, 7) is 4.88. The van der Waals surface area contributed by atoms with Crippen LogP contribution in [0, 0.1) is 10.1 Å². The third-order valence-corrected chi connectivity index (χ3v) is 2.77. The quantitative estimate of drug-likeness (QED) is 0.675. The summed E-state index contributed by atoms with van der Waals surface area (Å²) in [5.74, 6) is 0. The Labute approximate surface area is 110 Å². The second kappa shape index (κ2) is 6.20. The van der Waals surface area contributed by atoms with Crippen LogP contribution in [0.4, 0.5) is 16.2 Å². The van der Waals surface area contributed by atoms with E-state index in [4.69, 9.17) is 11.6 Å². The zero-order valence-electron chi connectivity index (χ0n) is 10.1. The molecule has 0 aliphatic heterocycles. The van der Waals surface area contributed by atoms with E-state index in [1.54, 1.807) is 4.90 Å². The second-order valence-corrected chi connectivity index (χ2v) is 3.93. The molecular weight excluding hydrogens is 258 g/mol. The molecule has 0 unspecified atom stereocenters. The van der Waals surface area contributed by atoms with Gasteiger partial charge in [-0.15, -0.1) is 0 Å². The van der Waals surface area contributed by atoms with E-state index < -0.39 is 4.92 Å². The van der Waals surface area contributed by atoms with Crippen molar-refractivity contribution in [2.45, 2.75) is 13.8 Å². The zero-order valence-corrected chi connectivity index (χ0v) is 10.9. The van der Waals surface area contributed by atoms with Crippen molar-refractivity contribution in [1.82, 2.24) is 4.90 Å². The number of nitrogens with one attached hydrogen (secondary N) is 1. The number of carbonyl (C=O) groups excluding carboxylic acids is 1. The number of nitro groups is 1. The predicted octanol–water partition coefficient (Wildman–Crippen LogP) is 3.12. The van der Waals surface area contributed by atoms with Gasteiger partial charge in [0, 0.05) is 25.2 Å². The van der Waals surface area contributed by atoms with Crippen LogP contribution in [0.2, 0.25) is 5.02 Å². The van der Waals surface area contributed by atoms with Crippen LogP contribution >= 0.6 is 11.6 Å². The Morgan fingerprint density at radius 2 is 2.06 bits per heavy atom. The van der Waals surface area contributed by atoms with Gasteiger partial charge in [0.2, 0.25) is 0 Å². The zero-order chi connectivity index (χ0) is 13.7. The van der Waals surface area contributed by atoms with Gasteiger partial charge in [0.1, 0.15) is 0 Å². The van der Waals surface area contributed by atoms with E-state index in [1.807, 2.05) is 13.8 Å². The van der Waals surface area contributed by atoms with Gasteiger partial charge in [-0.2, -0.15) is 0 Å². The summed E-state index contributed by atoms with van der Waals surface area (Å²) >= 11 is 5.87. The minimum Gasteiger partial charge on any atom is -0.325 e. The largest absolute Gasteiger partial charge is 0.325 e. The standard InChI is InChI=1S/C11H14ClN3O3/c1-3-14(4-2)11(16)13-10-6-5-8(15(17)18)7-9(10)12/h5-7H,3-4H2,1-2H3,(H,13,16). The van der Waals surface area contributed by atoms with Gasteiger partial charge in [0.25, 0.3) is 5.69 Å². The van der Waals surface area contributed by atoms with Crippen molar-refractivity contribution in [1.29, 1.82) is 0 Å². The molecule has 18 heavy (non-hydrogen) atoms. The molecule has 0 aromatic heterocycles. The maximum Gasteiger partial charge on any atom is 0.321 e. The van der Waals surface area contributed by atoms with Crippen LogP contribution in [-0.4, -0.2) is 28.9 Å². The van der Waals surface area contributed by atoms with Gasteiger partial charge in [0.15, 0.2) is 0 Å². The van der Waals surface area contributed by atoms with Gasteiger partial charge in [-0.05, 0) is 19.9 Å². The number of nitro benzene ring substituents is 1. The van der Waals surface area contributed by atoms with Crippen molar-refractivity contribution in [3.8, 4) is 0 Å². The van der Waals surface area contributed by atoms with Gasteiger partial charge in [-0.25, -0.2) is 4.79 Å². The number of halogens is 1. The molecule has 0 atom stereocenters. The lowest BCUT2D eigenvalue weighted by Gasteiger charge is -2.19. The van der Waals surface area contributed by atoms with Crippen LogP contribution in [0.25, 0.3) is 0 Å². The molecule has 0 saturated carbocycles. The number of non-ortho nitro benzene ring substituents is 1. The molecular formula is C11H14ClN3O3. The maximum atomic E-state index is 11.8. The number of anilines is 1. The summed E-state index contributed by atoms with van der Waals surface area (Å²) in [6, 6.07) is 3.64. The summed E-state index contributed by atoms with van der Waals surface area (Å²) in [4.78, 5) is 23.3. The van der Waals surface area contributed by atoms with Gasteiger partial charge >= 0.3 is 6.03 Å². The number of hydrogen-bond acceptors (Lipinski definition) is 3. The highest BCUT2D eigenvalue weighted by Crippen LogP contribution is 2.26. The molecule has 0 aliphatic rings. The summed E-state index contributed by atoms with van der Waals surface area (Å²) in [5, 5.41) is 13.3. The average Bonchev–Trinajstić information content (AvgIpc) is 2.33. The van der Waals surface area contributed by atoms with E-state index in [2.05, 4.69) is 5.32 Å². The number of nitrogens with zero attached hydrogens (tertiary/aromatic N) is 2. The fraction of sp³-hybridized carbons (Fsp3) is 0.364. The second-order valence-electron chi connectivity index (χ2n) is 3.52. The minimum atomic E-state index is -0.540. The molecule has 1 rings (SSSR count). The molecule has 0 radical (unpaired) electrons. The van der Waals surface area contributed by atoms with Crippen LogP contribution in [0.15, 0.2) is 18.2 Å². The van der Waals surface area contributed by atoms with E-state index in [0.29, 0.717) is 18.8 Å². The normalized spacial score (nSPS) is 9.94. The molecule has 7 heteroatoms. The number of rotatable bonds is 4. The van der Waals surface area contributed by atoms with Crippen molar-refractivity contribution >= 4 is 29.0 Å². The molecule has 1 aromatic carbocycles. The number of carbonyl (C=O) groups is 1. The van der Waals surface area contributed by atoms with Crippen molar-refractivity contribution in [3.05, 3.63) is 33.3 Å². The van der Waals surface area contributed by atoms with Gasteiger partial charge in [-0.3, -0.25) is 10.1 Å². The molecule has 2 amide bonds. The molecule has 0 heterocycles. The predicted molar refractivity (Wildman–Crippen MR) is 70.0 cm³/mol. The maximum absolute atomic E-state index is 11.8. The van der Waals surface area contributed by atoms with Crippen LogP contribution < -0.4 is 5.32 Å². The SMILES string of the molecule is CCN(CC)C(=O)Nc1ccc([N+](=O)[O-])cc1Cl. The topological polar surface area (TPSA) is 75.5 Å². The Kier molecular flexibility index (Phi) is 4.91. The molecule has 0 spiro atoms. The van der Waals surface area contributed by atoms with Crippen molar-refractivity contribution in [2.75, 3.05) is 18.4 Å². The Balaban J connectivity index is 2.86. The molecule has 0 aliphatic carbocycles. The van der Waals surface area contributed by atoms with E-state index in [-0.39, 0.29) is 16.7 Å². The fourth-order valence-corrected chi connectivity index (χ4v) is 1.65. The van der Waals surface area contributed by atoms with Crippen molar-refractivity contribution < 1.29 is 9.72 Å². The molecule has 0 bridgehead atoms. The summed E-state index contributed by atoms with van der Waals surface area (Å²) in [7, 11) is 0. The van der Waals surface area contributed by atoms with Crippen LogP contribution in [-0.2, 0) is 0 Å². The summed E-state index contributed by atoms with van der Waals surface area (Å²) < 4.78 is 0. The third-order valence-electron chi connectivity index (χ3n) is 2.46. The van der Waals surface area contributed by atoms with Crippen LogP contribution in [0.1, 0.15) is 13.8 Å². The smallest absolute Gasteiger partial charge is 0.321 e. The van der Waals surface area contributed by atoms with Crippen LogP contribution in [0.3, 0.4) is 0 Å². The molecule has 0 saturated heterocycles. The van der Waals surface area contributed by atoms with Crippen molar-refractivity contribution in [3.63, 3.8) is 0 Å². The van der Waals surface area contributed by atoms with Crippen LogP contribution in [0.5, 0.6) is 0 Å². The molecule has 1 aromatic rings. The van der Waals surface area contributed by atoms with Crippen molar-refractivity contribution in [2.24, 2.45) is 0 Å². The number of amides is 2. The summed E-state index contributed by atoms with van der Waals surface area (Å²) in [6.07, 6.45) is 0. The highest BCUT2D eigenvalue weighted by atomic mass is 35.5. The molecule has 1 N–H and O–H groups in total. The first kappa shape index (κ1) is 14.2. The van der Waals surface area contributed by atoms with E-state index in [9.17, 15) is 14.9 Å². The molecule has 0 fully saturated rings. The molecule has 98 valence electrons. The van der Waals surface area contributed by atoms with E-state index in [0.717, 1.165) is 0 Å². The third kappa shape index (κ3) is 3.33. The van der Waals surface area contributed by atoms with E-state index >= 15 is 0 Å². The first-order valence-electron chi connectivity index (χ1n) is 5.49. The first-order valence-corrected chi connectivity index (χ1v) is 5.87. The number of hydrogen-bond donors (Lipinski definition) is 1. The lowest BCUT2D eigenvalue weighted by molar-refractivity contribution is -0.384. The monoisotopic (exact) mass is 271 g/mol. The fourth-order valence-electron chi connectivity index (χ4n) is 1.42. The first-order chi connectivity index (χ1) is 8.49. The number of urea groups is 1. The highest BCUT2D eigenvalue weighted by molar-refractivity contribution is 6.33. The highest BCUT2D eigenvalue weighted by Gasteiger charge is 2.14. The lowest BCUT2D eigenvalue weighted by Crippen LogP contribution is -2.34. The Hall–Kier alpha value is -1.82. The minimum absolute atomic E-state index is 0.110. The Bertz CT molecular complexity index is 461. The number of benzene rings is 1. The summed E-state index contributed by atoms with van der Waals surface area (Å²) in [5.41, 5.74) is 0.250. The average molecular weight is 272 g/mol. The molecule has 6 nitrogen and oxygen atoms in total. The van der Waals surface area contributed by atoms with Gasteiger partial charge < -0.3 is 10.2 Å². The van der Waals surface area contributed by atoms with Gasteiger partial charge in [0.05, 0.1) is 15.6 Å². The Morgan fingerprint density at radius 3 is 2.50 bits per heavy atom. The van der Waals surface area contributed by atoms with E-state index in [1.165, 1.54) is 18.2 Å². The van der Waals surface area contributed by atoms with Gasteiger partial charge in [-0.1, -0.05) is 11.6 Å². The lowest BCUT2D eigenvalue weighted by atomic mass is 10.3.